The highest BCUT2D eigenvalue weighted by atomic mass is 35.5. The molecule has 2 rings (SSSR count). The molecule has 0 radical (unpaired) electrons. The molecule has 1 fully saturated rings. The monoisotopic (exact) mass is 348 g/mol. The summed E-state index contributed by atoms with van der Waals surface area (Å²) in [5, 5.41) is 0. The normalized spacial score (nSPS) is 18.8. The van der Waals surface area contributed by atoms with Gasteiger partial charge >= 0.3 is 5.97 Å². The number of nitrogens with two attached hydrogens (primary N) is 1. The van der Waals surface area contributed by atoms with Crippen LogP contribution >= 0.6 is 12.4 Å². The van der Waals surface area contributed by atoms with E-state index in [0.29, 0.717) is 30.8 Å². The van der Waals surface area contributed by atoms with Gasteiger partial charge in [-0.1, -0.05) is 0 Å². The third kappa shape index (κ3) is 3.60. The van der Waals surface area contributed by atoms with Gasteiger partial charge in [-0.05, 0) is 49.6 Å². The summed E-state index contributed by atoms with van der Waals surface area (Å²) in [4.78, 5) is 11.7. The molecule has 1 aromatic carbocycles. The van der Waals surface area contributed by atoms with Crippen LogP contribution in [-0.4, -0.2) is 45.4 Å². The Bertz CT molecular complexity index is 648. The summed E-state index contributed by atoms with van der Waals surface area (Å²) in [6.45, 7) is 3.13. The van der Waals surface area contributed by atoms with Gasteiger partial charge in [0.05, 0.1) is 17.6 Å². The number of methoxy groups -OCH3 is 1. The van der Waals surface area contributed by atoms with Crippen molar-refractivity contribution in [2.75, 3.05) is 26.7 Å². The SMILES string of the molecule is COC(=O)c1ccc(S(=O)(=O)N2CCC(CN)C2)cc1C.Cl. The number of carbonyl (C=O) groups is 1. The average molecular weight is 349 g/mol. The molecule has 1 atom stereocenters. The number of hydrogen-bond donors (Lipinski definition) is 1. The number of hydrogen-bond acceptors (Lipinski definition) is 5. The molecule has 0 spiro atoms. The third-order valence-electron chi connectivity index (χ3n) is 3.82. The van der Waals surface area contributed by atoms with E-state index in [1.54, 1.807) is 6.92 Å². The predicted octanol–water partition coefficient (Wildman–Crippen LogP) is 1.17. The summed E-state index contributed by atoms with van der Waals surface area (Å²) in [5.74, 6) is -0.254. The summed E-state index contributed by atoms with van der Waals surface area (Å²) >= 11 is 0. The molecule has 1 aliphatic heterocycles. The van der Waals surface area contributed by atoms with Gasteiger partial charge in [-0.2, -0.15) is 4.31 Å². The Morgan fingerprint density at radius 1 is 1.45 bits per heavy atom. The van der Waals surface area contributed by atoms with E-state index in [1.165, 1.54) is 29.6 Å². The number of sulfonamides is 1. The smallest absolute Gasteiger partial charge is 0.338 e. The molecule has 1 heterocycles. The highest BCUT2D eigenvalue weighted by Crippen LogP contribution is 2.25. The van der Waals surface area contributed by atoms with Gasteiger partial charge in [0.1, 0.15) is 0 Å². The third-order valence-corrected chi connectivity index (χ3v) is 5.68. The van der Waals surface area contributed by atoms with Gasteiger partial charge in [0.25, 0.3) is 0 Å². The Labute approximate surface area is 137 Å². The van der Waals surface area contributed by atoms with Crippen LogP contribution in [0.4, 0.5) is 0 Å². The first kappa shape index (κ1) is 18.9. The van der Waals surface area contributed by atoms with Crippen molar-refractivity contribution in [1.82, 2.24) is 4.31 Å². The number of benzene rings is 1. The number of rotatable bonds is 4. The summed E-state index contributed by atoms with van der Waals surface area (Å²) in [5.41, 5.74) is 6.55. The highest BCUT2D eigenvalue weighted by Gasteiger charge is 2.32. The Hall–Kier alpha value is -1.15. The molecule has 1 aromatic rings. The van der Waals surface area contributed by atoms with Gasteiger partial charge in [0.2, 0.25) is 10.0 Å². The first-order valence-corrected chi connectivity index (χ1v) is 8.23. The van der Waals surface area contributed by atoms with Gasteiger partial charge in [0, 0.05) is 13.1 Å². The molecule has 0 bridgehead atoms. The van der Waals surface area contributed by atoms with Crippen LogP contribution in [0.2, 0.25) is 0 Å². The van der Waals surface area contributed by atoms with Gasteiger partial charge in [0.15, 0.2) is 0 Å². The lowest BCUT2D eigenvalue weighted by Gasteiger charge is -2.17. The molecule has 1 saturated heterocycles. The van der Waals surface area contributed by atoms with Crippen molar-refractivity contribution in [3.05, 3.63) is 29.3 Å². The van der Waals surface area contributed by atoms with Crippen LogP contribution in [0.15, 0.2) is 23.1 Å². The standard InChI is InChI=1S/C14H20N2O4S.ClH/c1-10-7-12(3-4-13(10)14(17)20-2)21(18,19)16-6-5-11(8-15)9-16;/h3-4,7,11H,5-6,8-9,15H2,1-2H3;1H. The molecule has 0 aromatic heterocycles. The molecule has 8 heteroatoms. The predicted molar refractivity (Wildman–Crippen MR) is 85.7 cm³/mol. The van der Waals surface area contributed by atoms with Crippen molar-refractivity contribution in [3.63, 3.8) is 0 Å². The molecule has 0 amide bonds. The molecule has 22 heavy (non-hydrogen) atoms. The number of aryl methyl sites for hydroxylation is 1. The van der Waals surface area contributed by atoms with Crippen LogP contribution in [0.5, 0.6) is 0 Å². The molecule has 0 saturated carbocycles. The second-order valence-corrected chi connectivity index (χ2v) is 7.16. The second kappa shape index (κ2) is 7.41. The van der Waals surface area contributed by atoms with Crippen LogP contribution in [0, 0.1) is 12.8 Å². The Morgan fingerprint density at radius 3 is 2.64 bits per heavy atom. The fraction of sp³-hybridized carbons (Fsp3) is 0.500. The van der Waals surface area contributed by atoms with E-state index in [9.17, 15) is 13.2 Å². The molecule has 0 aliphatic carbocycles. The summed E-state index contributed by atoms with van der Waals surface area (Å²) in [6.07, 6.45) is 0.787. The van der Waals surface area contributed by atoms with E-state index < -0.39 is 16.0 Å². The van der Waals surface area contributed by atoms with Crippen LogP contribution in [0.3, 0.4) is 0 Å². The maximum absolute atomic E-state index is 12.6. The minimum atomic E-state index is -3.53. The lowest BCUT2D eigenvalue weighted by Crippen LogP contribution is -2.30. The number of esters is 1. The van der Waals surface area contributed by atoms with Crippen LogP contribution < -0.4 is 5.73 Å². The van der Waals surface area contributed by atoms with Crippen LogP contribution in [0.1, 0.15) is 22.3 Å². The number of carbonyl (C=O) groups excluding carboxylic acids is 1. The number of ether oxygens (including phenoxy) is 1. The number of nitrogens with zero attached hydrogens (tertiary/aromatic N) is 1. The van der Waals surface area contributed by atoms with Crippen molar-refractivity contribution in [2.45, 2.75) is 18.2 Å². The largest absolute Gasteiger partial charge is 0.465 e. The maximum atomic E-state index is 12.6. The van der Waals surface area contributed by atoms with Gasteiger partial charge < -0.3 is 10.5 Å². The first-order valence-electron chi connectivity index (χ1n) is 6.79. The molecule has 6 nitrogen and oxygen atoms in total. The van der Waals surface area contributed by atoms with Gasteiger partial charge in [-0.3, -0.25) is 0 Å². The maximum Gasteiger partial charge on any atom is 0.338 e. The summed E-state index contributed by atoms with van der Waals surface area (Å²) < 4.78 is 31.2. The van der Waals surface area contributed by atoms with Crippen molar-refractivity contribution in [2.24, 2.45) is 11.7 Å². The van der Waals surface area contributed by atoms with E-state index in [1.807, 2.05) is 0 Å². The first-order chi connectivity index (χ1) is 9.90. The number of halogens is 1. The Kier molecular flexibility index (Phi) is 6.37. The van der Waals surface area contributed by atoms with Gasteiger partial charge in [-0.15, -0.1) is 12.4 Å². The summed E-state index contributed by atoms with van der Waals surface area (Å²) in [7, 11) is -2.23. The van der Waals surface area contributed by atoms with E-state index >= 15 is 0 Å². The molecule has 124 valence electrons. The van der Waals surface area contributed by atoms with Crippen molar-refractivity contribution in [1.29, 1.82) is 0 Å². The Morgan fingerprint density at radius 2 is 2.14 bits per heavy atom. The van der Waals surface area contributed by atoms with Crippen LogP contribution in [0.25, 0.3) is 0 Å². The van der Waals surface area contributed by atoms with Crippen molar-refractivity contribution in [3.8, 4) is 0 Å². The molecular weight excluding hydrogens is 328 g/mol. The minimum Gasteiger partial charge on any atom is -0.465 e. The van der Waals surface area contributed by atoms with E-state index in [-0.39, 0.29) is 23.2 Å². The lowest BCUT2D eigenvalue weighted by molar-refractivity contribution is 0.0600. The molecule has 2 N–H and O–H groups in total. The van der Waals surface area contributed by atoms with E-state index in [0.717, 1.165) is 6.42 Å². The lowest BCUT2D eigenvalue weighted by atomic mass is 10.1. The molecular formula is C14H21ClN2O4S. The van der Waals surface area contributed by atoms with E-state index in [2.05, 4.69) is 4.74 Å². The quantitative estimate of drug-likeness (QED) is 0.825. The zero-order chi connectivity index (χ0) is 15.6. The molecule has 1 unspecified atom stereocenters. The van der Waals surface area contributed by atoms with Gasteiger partial charge in [-0.25, -0.2) is 13.2 Å². The Balaban J connectivity index is 0.00000242. The second-order valence-electron chi connectivity index (χ2n) is 5.22. The van der Waals surface area contributed by atoms with Crippen LogP contribution in [-0.2, 0) is 14.8 Å². The highest BCUT2D eigenvalue weighted by molar-refractivity contribution is 7.89. The fourth-order valence-corrected chi connectivity index (χ4v) is 4.11. The zero-order valence-corrected chi connectivity index (χ0v) is 14.2. The average Bonchev–Trinajstić information content (AvgIpc) is 2.96. The topological polar surface area (TPSA) is 89.7 Å². The fourth-order valence-electron chi connectivity index (χ4n) is 2.49. The minimum absolute atomic E-state index is 0. The molecule has 1 aliphatic rings. The zero-order valence-electron chi connectivity index (χ0n) is 12.6. The van der Waals surface area contributed by atoms with E-state index in [4.69, 9.17) is 5.73 Å². The summed E-state index contributed by atoms with van der Waals surface area (Å²) in [6, 6.07) is 4.45. The van der Waals surface area contributed by atoms with Crippen molar-refractivity contribution < 1.29 is 17.9 Å². The van der Waals surface area contributed by atoms with Crippen molar-refractivity contribution >= 4 is 28.4 Å².